The van der Waals surface area contributed by atoms with Crippen LogP contribution < -0.4 is 5.32 Å². The molecule has 3 rings (SSSR count). The molecule has 1 heterocycles. The highest BCUT2D eigenvalue weighted by molar-refractivity contribution is 6.30. The first kappa shape index (κ1) is 12.9. The Hall–Kier alpha value is -1.06. The summed E-state index contributed by atoms with van der Waals surface area (Å²) in [5.41, 5.74) is 1.24. The summed E-state index contributed by atoms with van der Waals surface area (Å²) in [6.07, 6.45) is 3.40. The lowest BCUT2D eigenvalue weighted by Crippen LogP contribution is -2.39. The van der Waals surface area contributed by atoms with Crippen molar-refractivity contribution in [2.45, 2.75) is 31.3 Å². The normalized spacial score (nSPS) is 24.8. The fourth-order valence-electron chi connectivity index (χ4n) is 2.80. The Balaban J connectivity index is 1.75. The van der Waals surface area contributed by atoms with Gasteiger partial charge in [-0.05, 0) is 42.9 Å². The number of nitrogens with zero attached hydrogens (tertiary/aromatic N) is 1. The van der Waals surface area contributed by atoms with E-state index >= 15 is 0 Å². The molecule has 1 saturated heterocycles. The van der Waals surface area contributed by atoms with E-state index in [-0.39, 0.29) is 18.0 Å². The van der Waals surface area contributed by atoms with Crippen LogP contribution in [0.15, 0.2) is 24.3 Å². The molecule has 102 valence electrons. The molecule has 1 aliphatic heterocycles. The van der Waals surface area contributed by atoms with Gasteiger partial charge in [0.15, 0.2) is 0 Å². The van der Waals surface area contributed by atoms with Gasteiger partial charge in [0.1, 0.15) is 0 Å². The van der Waals surface area contributed by atoms with E-state index in [9.17, 15) is 4.79 Å². The monoisotopic (exact) mass is 278 g/mol. The summed E-state index contributed by atoms with van der Waals surface area (Å²) in [6.45, 7) is 0.856. The van der Waals surface area contributed by atoms with Crippen molar-refractivity contribution in [2.24, 2.45) is 5.92 Å². The van der Waals surface area contributed by atoms with Gasteiger partial charge in [-0.1, -0.05) is 23.7 Å². The van der Waals surface area contributed by atoms with Crippen molar-refractivity contribution in [1.29, 1.82) is 0 Å². The average Bonchev–Trinajstić information content (AvgIpc) is 3.19. The maximum absolute atomic E-state index is 12.0. The molecule has 0 spiro atoms. The standard InChI is InChI=1S/C15H19ClN2O/c1-18-9-8-13(15(18)19)17-14(10-2-3-10)11-4-6-12(16)7-5-11/h4-7,10,13-14,17H,2-3,8-9H2,1H3. The topological polar surface area (TPSA) is 32.3 Å². The Bertz CT molecular complexity index is 470. The third-order valence-corrected chi connectivity index (χ3v) is 4.38. The number of benzene rings is 1. The Morgan fingerprint density at radius 2 is 1.95 bits per heavy atom. The maximum atomic E-state index is 12.0. The Morgan fingerprint density at radius 1 is 1.26 bits per heavy atom. The lowest BCUT2D eigenvalue weighted by Gasteiger charge is -2.22. The van der Waals surface area contributed by atoms with Gasteiger partial charge in [0.25, 0.3) is 0 Å². The second-order valence-electron chi connectivity index (χ2n) is 5.63. The van der Waals surface area contributed by atoms with Crippen molar-refractivity contribution in [3.05, 3.63) is 34.9 Å². The van der Waals surface area contributed by atoms with Crippen LogP contribution in [0.25, 0.3) is 0 Å². The molecule has 4 heteroatoms. The number of carbonyl (C=O) groups is 1. The van der Waals surface area contributed by atoms with Crippen molar-refractivity contribution < 1.29 is 4.79 Å². The molecule has 0 radical (unpaired) electrons. The van der Waals surface area contributed by atoms with Crippen LogP contribution in [0.4, 0.5) is 0 Å². The van der Waals surface area contributed by atoms with Gasteiger partial charge in [0.05, 0.1) is 6.04 Å². The van der Waals surface area contributed by atoms with Crippen molar-refractivity contribution in [1.82, 2.24) is 10.2 Å². The Labute approximate surface area is 118 Å². The molecule has 1 aromatic carbocycles. The second kappa shape index (κ2) is 5.14. The number of hydrogen-bond acceptors (Lipinski definition) is 2. The van der Waals surface area contributed by atoms with Crippen LogP contribution in [0, 0.1) is 5.92 Å². The highest BCUT2D eigenvalue weighted by Crippen LogP contribution is 2.41. The van der Waals surface area contributed by atoms with Crippen LogP contribution in [0.3, 0.4) is 0 Å². The molecule has 2 fully saturated rings. The molecule has 1 N–H and O–H groups in total. The van der Waals surface area contributed by atoms with E-state index in [1.54, 1.807) is 0 Å². The van der Waals surface area contributed by atoms with Gasteiger partial charge < -0.3 is 4.90 Å². The van der Waals surface area contributed by atoms with Gasteiger partial charge in [-0.3, -0.25) is 10.1 Å². The molecule has 1 amide bonds. The number of amides is 1. The summed E-state index contributed by atoms with van der Waals surface area (Å²) in [6, 6.07) is 8.26. The number of nitrogens with one attached hydrogen (secondary N) is 1. The van der Waals surface area contributed by atoms with Gasteiger partial charge in [0.2, 0.25) is 5.91 Å². The first-order valence-corrected chi connectivity index (χ1v) is 7.29. The van der Waals surface area contributed by atoms with E-state index in [0.717, 1.165) is 18.0 Å². The van der Waals surface area contributed by atoms with Gasteiger partial charge >= 0.3 is 0 Å². The van der Waals surface area contributed by atoms with E-state index in [1.807, 2.05) is 24.1 Å². The van der Waals surface area contributed by atoms with E-state index in [1.165, 1.54) is 18.4 Å². The van der Waals surface area contributed by atoms with E-state index in [0.29, 0.717) is 5.92 Å². The fourth-order valence-corrected chi connectivity index (χ4v) is 2.92. The molecular formula is C15H19ClN2O. The largest absolute Gasteiger partial charge is 0.344 e. The zero-order chi connectivity index (χ0) is 13.4. The molecule has 3 nitrogen and oxygen atoms in total. The summed E-state index contributed by atoms with van der Waals surface area (Å²) < 4.78 is 0. The minimum Gasteiger partial charge on any atom is -0.344 e. The third-order valence-electron chi connectivity index (χ3n) is 4.13. The highest BCUT2D eigenvalue weighted by Gasteiger charge is 2.37. The van der Waals surface area contributed by atoms with Crippen molar-refractivity contribution in [3.63, 3.8) is 0 Å². The molecule has 1 aromatic rings. The van der Waals surface area contributed by atoms with Crippen molar-refractivity contribution in [2.75, 3.05) is 13.6 Å². The van der Waals surface area contributed by atoms with Gasteiger partial charge in [-0.25, -0.2) is 0 Å². The maximum Gasteiger partial charge on any atom is 0.239 e. The number of likely N-dealkylation sites (N-methyl/N-ethyl adjacent to an activating group) is 1. The molecular weight excluding hydrogens is 260 g/mol. The van der Waals surface area contributed by atoms with E-state index in [4.69, 9.17) is 11.6 Å². The van der Waals surface area contributed by atoms with Gasteiger partial charge in [-0.15, -0.1) is 0 Å². The van der Waals surface area contributed by atoms with Crippen LogP contribution in [-0.4, -0.2) is 30.4 Å². The molecule has 1 aliphatic carbocycles. The minimum absolute atomic E-state index is 0.0220. The Morgan fingerprint density at radius 3 is 2.47 bits per heavy atom. The van der Waals surface area contributed by atoms with Gasteiger partial charge in [-0.2, -0.15) is 0 Å². The number of rotatable bonds is 4. The SMILES string of the molecule is CN1CCC(NC(c2ccc(Cl)cc2)C2CC2)C1=O. The van der Waals surface area contributed by atoms with Gasteiger partial charge in [0, 0.05) is 24.7 Å². The summed E-state index contributed by atoms with van der Waals surface area (Å²) in [7, 11) is 1.87. The average molecular weight is 279 g/mol. The first-order valence-electron chi connectivity index (χ1n) is 6.91. The highest BCUT2D eigenvalue weighted by atomic mass is 35.5. The van der Waals surface area contributed by atoms with Crippen LogP contribution in [0.2, 0.25) is 5.02 Å². The van der Waals surface area contributed by atoms with Crippen LogP contribution in [0.5, 0.6) is 0 Å². The molecule has 0 aromatic heterocycles. The minimum atomic E-state index is -0.0220. The summed E-state index contributed by atoms with van der Waals surface area (Å²) >= 11 is 5.94. The molecule has 1 saturated carbocycles. The number of carbonyl (C=O) groups excluding carboxylic acids is 1. The third kappa shape index (κ3) is 2.77. The van der Waals surface area contributed by atoms with Crippen LogP contribution in [-0.2, 0) is 4.79 Å². The lowest BCUT2D eigenvalue weighted by atomic mass is 10.0. The smallest absolute Gasteiger partial charge is 0.239 e. The summed E-state index contributed by atoms with van der Waals surface area (Å²) in [5, 5.41) is 4.32. The molecule has 2 atom stereocenters. The zero-order valence-corrected chi connectivity index (χ0v) is 11.9. The molecule has 19 heavy (non-hydrogen) atoms. The molecule has 0 bridgehead atoms. The lowest BCUT2D eigenvalue weighted by molar-refractivity contribution is -0.128. The van der Waals surface area contributed by atoms with E-state index in [2.05, 4.69) is 17.4 Å². The number of likely N-dealkylation sites (tertiary alicyclic amines) is 1. The zero-order valence-electron chi connectivity index (χ0n) is 11.1. The van der Waals surface area contributed by atoms with Crippen LogP contribution in [0.1, 0.15) is 30.9 Å². The molecule has 2 aliphatic rings. The molecule has 2 unspecified atom stereocenters. The number of hydrogen-bond donors (Lipinski definition) is 1. The quantitative estimate of drug-likeness (QED) is 0.918. The van der Waals surface area contributed by atoms with Crippen molar-refractivity contribution in [3.8, 4) is 0 Å². The Kier molecular flexibility index (Phi) is 3.50. The predicted molar refractivity (Wildman–Crippen MR) is 76.1 cm³/mol. The first-order chi connectivity index (χ1) is 9.15. The predicted octanol–water partition coefficient (Wildman–Crippen LogP) is 2.61. The second-order valence-corrected chi connectivity index (χ2v) is 6.07. The summed E-state index contributed by atoms with van der Waals surface area (Å²) in [5.74, 6) is 0.888. The van der Waals surface area contributed by atoms with Crippen molar-refractivity contribution >= 4 is 17.5 Å². The summed E-state index contributed by atoms with van der Waals surface area (Å²) in [4.78, 5) is 13.8. The number of halogens is 1. The van der Waals surface area contributed by atoms with E-state index < -0.39 is 0 Å². The van der Waals surface area contributed by atoms with Crippen LogP contribution >= 0.6 is 11.6 Å². The fraction of sp³-hybridized carbons (Fsp3) is 0.533.